The number of hydrogen-bond donors (Lipinski definition) is 0. The van der Waals surface area contributed by atoms with Gasteiger partial charge in [0, 0.05) is 6.42 Å². The Kier molecular flexibility index (Phi) is 8.79. The number of amides is 2. The van der Waals surface area contributed by atoms with Crippen LogP contribution in [-0.2, 0) is 19.1 Å². The lowest BCUT2D eigenvalue weighted by atomic mass is 9.82. The molecule has 0 aliphatic carbocycles. The van der Waals surface area contributed by atoms with Crippen LogP contribution in [0.1, 0.15) is 53.4 Å². The fourth-order valence-corrected chi connectivity index (χ4v) is 3.48. The van der Waals surface area contributed by atoms with E-state index < -0.39 is 11.4 Å². The first kappa shape index (κ1) is 24.1. The zero-order valence-electron chi connectivity index (χ0n) is 18.8. The summed E-state index contributed by atoms with van der Waals surface area (Å²) in [5, 5.41) is 2.82. The summed E-state index contributed by atoms with van der Waals surface area (Å²) in [5.41, 5.74) is -0.239. The third kappa shape index (κ3) is 4.95. The van der Waals surface area contributed by atoms with Crippen molar-refractivity contribution in [1.29, 1.82) is 0 Å². The summed E-state index contributed by atoms with van der Waals surface area (Å²) in [6, 6.07) is 18.1. The van der Waals surface area contributed by atoms with Crippen LogP contribution < -0.4 is 10.0 Å². The van der Waals surface area contributed by atoms with E-state index in [9.17, 15) is 14.4 Å². The Morgan fingerprint density at radius 2 is 1.29 bits per heavy atom. The normalized spacial score (nSPS) is 14.8. The first-order valence-corrected chi connectivity index (χ1v) is 11.0. The minimum Gasteiger partial charge on any atom is -0.464 e. The van der Waals surface area contributed by atoms with Gasteiger partial charge in [-0.05, 0) is 30.7 Å². The Morgan fingerprint density at radius 3 is 1.68 bits per heavy atom. The van der Waals surface area contributed by atoms with Gasteiger partial charge in [-0.3, -0.25) is 14.4 Å². The van der Waals surface area contributed by atoms with Gasteiger partial charge in [0.15, 0.2) is 5.41 Å². The van der Waals surface area contributed by atoms with Gasteiger partial charge in [-0.25, -0.2) is 10.0 Å². The number of unbranched alkanes of at least 4 members (excludes halogenated alkanes) is 1. The fraction of sp³-hybridized carbons (Fsp3) is 0.400. The molecule has 1 aliphatic heterocycles. The van der Waals surface area contributed by atoms with Gasteiger partial charge in [0.25, 0.3) is 11.8 Å². The highest BCUT2D eigenvalue weighted by atomic mass is 16.5. The largest absolute Gasteiger partial charge is 0.464 e. The number of benzene rings is 2. The van der Waals surface area contributed by atoms with Crippen LogP contribution >= 0.6 is 0 Å². The minimum absolute atomic E-state index is 0.192. The third-order valence-corrected chi connectivity index (χ3v) is 5.13. The van der Waals surface area contributed by atoms with E-state index in [-0.39, 0.29) is 24.8 Å². The van der Waals surface area contributed by atoms with Gasteiger partial charge >= 0.3 is 5.97 Å². The Balaban J connectivity index is 0.00000166. The van der Waals surface area contributed by atoms with Crippen LogP contribution in [0.4, 0.5) is 11.4 Å². The van der Waals surface area contributed by atoms with Gasteiger partial charge < -0.3 is 4.74 Å². The number of anilines is 2. The Morgan fingerprint density at radius 1 is 0.839 bits per heavy atom. The van der Waals surface area contributed by atoms with Gasteiger partial charge in [-0.2, -0.15) is 0 Å². The smallest absolute Gasteiger partial charge is 0.305 e. The number of rotatable bonds is 8. The maximum Gasteiger partial charge on any atom is 0.305 e. The summed E-state index contributed by atoms with van der Waals surface area (Å²) in [6.07, 6.45) is 2.01. The first-order chi connectivity index (χ1) is 15.0. The highest BCUT2D eigenvalue weighted by Crippen LogP contribution is 2.42. The standard InChI is InChI=1S/C23H26N2O4.C2H6/c1-3-5-16-23(17-29-20(26)4-2)21(27)24(18-12-8-6-9-13-18)25(22(23)28)19-14-10-7-11-15-19;1-2/h6-15H,3-5,16-17H2,1-2H3;1-2H3. The molecule has 2 aromatic carbocycles. The minimum atomic E-state index is -1.42. The van der Waals surface area contributed by atoms with Crippen LogP contribution in [0.15, 0.2) is 60.7 Å². The predicted molar refractivity (Wildman–Crippen MR) is 122 cm³/mol. The monoisotopic (exact) mass is 424 g/mol. The average Bonchev–Trinajstić information content (AvgIpc) is 3.05. The number of carbonyl (C=O) groups excluding carboxylic acids is 3. The lowest BCUT2D eigenvalue weighted by Gasteiger charge is -2.27. The SMILES string of the molecule is CC.CCCCC1(COC(=O)CC)C(=O)N(c2ccccc2)N(c2ccccc2)C1=O. The molecule has 0 unspecified atom stereocenters. The Hall–Kier alpha value is -3.15. The molecule has 1 heterocycles. The van der Waals surface area contributed by atoms with E-state index in [0.29, 0.717) is 24.2 Å². The van der Waals surface area contributed by atoms with Crippen LogP contribution in [0, 0.1) is 5.41 Å². The molecule has 1 saturated heterocycles. The van der Waals surface area contributed by atoms with Crippen molar-refractivity contribution in [2.75, 3.05) is 16.6 Å². The number of ether oxygens (including phenoxy) is 1. The molecule has 0 aromatic heterocycles. The predicted octanol–water partition coefficient (Wildman–Crippen LogP) is 5.14. The molecule has 0 spiro atoms. The second-order valence-corrected chi connectivity index (χ2v) is 7.10. The molecular weight excluding hydrogens is 392 g/mol. The average molecular weight is 425 g/mol. The molecule has 2 amide bonds. The lowest BCUT2D eigenvalue weighted by Crippen LogP contribution is -2.41. The highest BCUT2D eigenvalue weighted by Gasteiger charge is 2.59. The van der Waals surface area contributed by atoms with Crippen molar-refractivity contribution < 1.29 is 19.1 Å². The van der Waals surface area contributed by atoms with E-state index in [2.05, 4.69) is 0 Å². The highest BCUT2D eigenvalue weighted by molar-refractivity contribution is 6.26. The molecule has 0 N–H and O–H groups in total. The molecule has 6 heteroatoms. The Bertz CT molecular complexity index is 810. The van der Waals surface area contributed by atoms with Crippen molar-refractivity contribution in [2.45, 2.75) is 53.4 Å². The number of hydrogen-bond acceptors (Lipinski definition) is 4. The van der Waals surface area contributed by atoms with Crippen LogP contribution in [0.25, 0.3) is 0 Å². The summed E-state index contributed by atoms with van der Waals surface area (Å²) < 4.78 is 5.35. The number of carbonyl (C=O) groups is 3. The summed E-state index contributed by atoms with van der Waals surface area (Å²) in [5.74, 6) is -1.16. The molecule has 1 fully saturated rings. The molecule has 166 valence electrons. The van der Waals surface area contributed by atoms with Crippen molar-refractivity contribution in [3.05, 3.63) is 60.7 Å². The van der Waals surface area contributed by atoms with Crippen molar-refractivity contribution >= 4 is 29.2 Å². The molecule has 0 saturated carbocycles. The molecule has 6 nitrogen and oxygen atoms in total. The lowest BCUT2D eigenvalue weighted by molar-refractivity contribution is -0.152. The van der Waals surface area contributed by atoms with E-state index in [0.717, 1.165) is 6.42 Å². The fourth-order valence-electron chi connectivity index (χ4n) is 3.48. The number of nitrogens with zero attached hydrogens (tertiary/aromatic N) is 2. The Labute approximate surface area is 184 Å². The maximum absolute atomic E-state index is 13.7. The molecule has 0 atom stereocenters. The maximum atomic E-state index is 13.7. The third-order valence-electron chi connectivity index (χ3n) is 5.13. The summed E-state index contributed by atoms with van der Waals surface area (Å²) >= 11 is 0. The van der Waals surface area contributed by atoms with E-state index in [4.69, 9.17) is 4.74 Å². The number of esters is 1. The van der Waals surface area contributed by atoms with E-state index in [1.54, 1.807) is 31.2 Å². The van der Waals surface area contributed by atoms with Gasteiger partial charge in [0.05, 0.1) is 11.4 Å². The van der Waals surface area contributed by atoms with Crippen molar-refractivity contribution in [1.82, 2.24) is 0 Å². The van der Waals surface area contributed by atoms with E-state index >= 15 is 0 Å². The molecule has 31 heavy (non-hydrogen) atoms. The second kappa shape index (κ2) is 11.3. The summed E-state index contributed by atoms with van der Waals surface area (Å²) in [4.78, 5) is 39.2. The summed E-state index contributed by atoms with van der Waals surface area (Å²) in [7, 11) is 0. The topological polar surface area (TPSA) is 66.9 Å². The van der Waals surface area contributed by atoms with Gasteiger partial charge in [0.1, 0.15) is 6.61 Å². The second-order valence-electron chi connectivity index (χ2n) is 7.10. The van der Waals surface area contributed by atoms with E-state index in [1.165, 1.54) is 10.0 Å². The van der Waals surface area contributed by atoms with E-state index in [1.807, 2.05) is 57.2 Å². The van der Waals surface area contributed by atoms with Crippen LogP contribution in [0.5, 0.6) is 0 Å². The zero-order valence-corrected chi connectivity index (χ0v) is 18.8. The van der Waals surface area contributed by atoms with Crippen molar-refractivity contribution in [2.24, 2.45) is 5.41 Å². The van der Waals surface area contributed by atoms with Crippen LogP contribution in [0.2, 0.25) is 0 Å². The number of hydrazine groups is 1. The molecule has 1 aliphatic rings. The molecule has 0 radical (unpaired) electrons. The number of para-hydroxylation sites is 2. The van der Waals surface area contributed by atoms with Gasteiger partial charge in [-0.15, -0.1) is 0 Å². The molecular formula is C25H32N2O4. The molecule has 0 bridgehead atoms. The van der Waals surface area contributed by atoms with Gasteiger partial charge in [0.2, 0.25) is 0 Å². The van der Waals surface area contributed by atoms with Crippen molar-refractivity contribution in [3.8, 4) is 0 Å². The van der Waals surface area contributed by atoms with Crippen molar-refractivity contribution in [3.63, 3.8) is 0 Å². The van der Waals surface area contributed by atoms with Crippen LogP contribution in [-0.4, -0.2) is 24.4 Å². The van der Waals surface area contributed by atoms with Gasteiger partial charge in [-0.1, -0.05) is 76.9 Å². The molecule has 2 aromatic rings. The zero-order chi connectivity index (χ0) is 22.9. The molecule has 3 rings (SSSR count). The summed E-state index contributed by atoms with van der Waals surface area (Å²) in [6.45, 7) is 7.44. The van der Waals surface area contributed by atoms with Crippen LogP contribution in [0.3, 0.4) is 0 Å². The quantitative estimate of drug-likeness (QED) is 0.435. The first-order valence-electron chi connectivity index (χ1n) is 11.0.